The van der Waals surface area contributed by atoms with Crippen LogP contribution in [-0.4, -0.2) is 28.2 Å². The molecule has 0 unspecified atom stereocenters. The van der Waals surface area contributed by atoms with Crippen molar-refractivity contribution in [1.82, 2.24) is 9.88 Å². The Kier molecular flexibility index (Phi) is 6.35. The predicted octanol–water partition coefficient (Wildman–Crippen LogP) is 5.31. The number of thiocarbonyl (C=S) groups is 1. The summed E-state index contributed by atoms with van der Waals surface area (Å²) in [6.45, 7) is 8.34. The van der Waals surface area contributed by atoms with Crippen LogP contribution in [-0.2, 0) is 13.0 Å². The summed E-state index contributed by atoms with van der Waals surface area (Å²) in [5, 5.41) is 1.37. The molecule has 0 fully saturated rings. The van der Waals surface area contributed by atoms with E-state index >= 15 is 0 Å². The van der Waals surface area contributed by atoms with Gasteiger partial charge in [0.25, 0.3) is 0 Å². The number of nitrogens with zero attached hydrogens (tertiary/aromatic N) is 1. The average molecular weight is 383 g/mol. The van der Waals surface area contributed by atoms with Crippen LogP contribution in [0.4, 0.5) is 0 Å². The standard InChI is InChI=1S/C13H14N2S.C7H6O2.C2H6/c1-9(16)15-7-6-11-10-4-2-3-5-12(10)14-13(11)8-15;1-2-4-7-6(3-1)8-5-9-7;1-2/h2-5,14H,6-8H2,1H3;1-4H,5H2;1-2H3. The zero-order valence-electron chi connectivity index (χ0n) is 16.1. The smallest absolute Gasteiger partial charge is 0.231 e. The number of fused-ring (bicyclic) bond motifs is 4. The molecule has 0 saturated heterocycles. The molecule has 0 saturated carbocycles. The molecule has 0 radical (unpaired) electrons. The fourth-order valence-corrected chi connectivity index (χ4v) is 3.46. The molecule has 1 N–H and O–H groups in total. The van der Waals surface area contributed by atoms with Gasteiger partial charge in [0, 0.05) is 23.1 Å². The number of hydrogen-bond donors (Lipinski definition) is 1. The van der Waals surface area contributed by atoms with Crippen molar-refractivity contribution in [2.45, 2.75) is 33.7 Å². The normalized spacial score (nSPS) is 13.8. The average Bonchev–Trinajstić information content (AvgIpc) is 3.33. The molecule has 1 aromatic heterocycles. The SMILES string of the molecule is CC.CC(=S)N1CCc2c([nH]c3ccccc23)C1.c1ccc2c(c1)OCO2. The first-order valence-electron chi connectivity index (χ1n) is 9.41. The Morgan fingerprint density at radius 2 is 1.63 bits per heavy atom. The fraction of sp³-hybridized carbons (Fsp3) is 0.318. The van der Waals surface area contributed by atoms with Crippen LogP contribution in [0.3, 0.4) is 0 Å². The molecule has 2 aromatic carbocycles. The van der Waals surface area contributed by atoms with Crippen LogP contribution in [0.2, 0.25) is 0 Å². The topological polar surface area (TPSA) is 37.5 Å². The first-order valence-corrected chi connectivity index (χ1v) is 9.82. The summed E-state index contributed by atoms with van der Waals surface area (Å²) in [6.07, 6.45) is 1.09. The Bertz CT molecular complexity index is 897. The lowest BCUT2D eigenvalue weighted by Crippen LogP contribution is -2.33. The number of H-pyrrole nitrogens is 1. The van der Waals surface area contributed by atoms with Crippen molar-refractivity contribution in [3.63, 3.8) is 0 Å². The van der Waals surface area contributed by atoms with Crippen molar-refractivity contribution in [3.8, 4) is 11.5 Å². The summed E-state index contributed by atoms with van der Waals surface area (Å²) in [5.74, 6) is 1.69. The Balaban J connectivity index is 0.000000162. The molecule has 0 atom stereocenters. The largest absolute Gasteiger partial charge is 0.454 e. The molecule has 27 heavy (non-hydrogen) atoms. The highest BCUT2D eigenvalue weighted by Gasteiger charge is 2.20. The van der Waals surface area contributed by atoms with Gasteiger partial charge < -0.3 is 19.4 Å². The number of para-hydroxylation sites is 3. The molecular weight excluding hydrogens is 356 g/mol. The van der Waals surface area contributed by atoms with E-state index in [1.807, 2.05) is 45.0 Å². The summed E-state index contributed by atoms with van der Waals surface area (Å²) in [7, 11) is 0. The number of benzene rings is 2. The zero-order chi connectivity index (χ0) is 19.2. The summed E-state index contributed by atoms with van der Waals surface area (Å²) < 4.78 is 10.2. The number of ether oxygens (including phenoxy) is 2. The maximum Gasteiger partial charge on any atom is 0.231 e. The van der Waals surface area contributed by atoms with E-state index in [-0.39, 0.29) is 0 Å². The number of aromatic nitrogens is 1. The Morgan fingerprint density at radius 3 is 2.30 bits per heavy atom. The Labute approximate surface area is 166 Å². The minimum Gasteiger partial charge on any atom is -0.454 e. The van der Waals surface area contributed by atoms with Gasteiger partial charge in [-0.15, -0.1) is 0 Å². The van der Waals surface area contributed by atoms with Gasteiger partial charge in [0.2, 0.25) is 6.79 Å². The third-order valence-electron chi connectivity index (χ3n) is 4.61. The second-order valence-corrected chi connectivity index (χ2v) is 6.76. The van der Waals surface area contributed by atoms with Crippen molar-refractivity contribution in [2.24, 2.45) is 0 Å². The summed E-state index contributed by atoms with van der Waals surface area (Å²) in [5.41, 5.74) is 4.05. The van der Waals surface area contributed by atoms with Gasteiger partial charge in [-0.25, -0.2) is 0 Å². The second-order valence-electron chi connectivity index (χ2n) is 6.17. The van der Waals surface area contributed by atoms with E-state index in [1.54, 1.807) is 0 Å². The van der Waals surface area contributed by atoms with Crippen molar-refractivity contribution >= 4 is 28.1 Å². The van der Waals surface area contributed by atoms with Crippen molar-refractivity contribution < 1.29 is 9.47 Å². The quantitative estimate of drug-likeness (QED) is 0.534. The molecule has 5 heteroatoms. The zero-order valence-corrected chi connectivity index (χ0v) is 16.9. The number of nitrogens with one attached hydrogen (secondary N) is 1. The second kappa shape index (κ2) is 8.91. The maximum absolute atomic E-state index is 5.24. The van der Waals surface area contributed by atoms with E-state index in [9.17, 15) is 0 Å². The first kappa shape index (κ1) is 19.2. The third kappa shape index (κ3) is 4.25. The number of aromatic amines is 1. The highest BCUT2D eigenvalue weighted by Crippen LogP contribution is 2.30. The minimum absolute atomic E-state index is 0.360. The van der Waals surface area contributed by atoms with Gasteiger partial charge in [0.05, 0.1) is 11.5 Å². The predicted molar refractivity (Wildman–Crippen MR) is 115 cm³/mol. The van der Waals surface area contributed by atoms with Crippen molar-refractivity contribution in [2.75, 3.05) is 13.3 Å². The van der Waals surface area contributed by atoms with Gasteiger partial charge in [-0.2, -0.15) is 0 Å². The van der Waals surface area contributed by atoms with Gasteiger partial charge in [0.15, 0.2) is 11.5 Å². The van der Waals surface area contributed by atoms with Crippen molar-refractivity contribution in [1.29, 1.82) is 0 Å². The maximum atomic E-state index is 5.24. The monoisotopic (exact) mass is 382 g/mol. The van der Waals surface area contributed by atoms with E-state index in [0.29, 0.717) is 6.79 Å². The molecule has 142 valence electrons. The molecule has 0 aliphatic carbocycles. The molecule has 0 bridgehead atoms. The van der Waals surface area contributed by atoms with E-state index in [4.69, 9.17) is 21.7 Å². The molecule has 3 heterocycles. The highest BCUT2D eigenvalue weighted by atomic mass is 32.1. The van der Waals surface area contributed by atoms with E-state index in [1.165, 1.54) is 22.2 Å². The van der Waals surface area contributed by atoms with Crippen LogP contribution in [0.5, 0.6) is 11.5 Å². The third-order valence-corrected chi connectivity index (χ3v) is 4.86. The lowest BCUT2D eigenvalue weighted by molar-refractivity contribution is 0.174. The Hall–Kier alpha value is -2.53. The molecule has 2 aliphatic rings. The van der Waals surface area contributed by atoms with Crippen LogP contribution in [0.15, 0.2) is 48.5 Å². The summed E-state index contributed by atoms with van der Waals surface area (Å²) >= 11 is 5.24. The molecule has 5 rings (SSSR count). The van der Waals surface area contributed by atoms with E-state index in [0.717, 1.165) is 36.0 Å². The molecule has 4 nitrogen and oxygen atoms in total. The van der Waals surface area contributed by atoms with Crippen LogP contribution >= 0.6 is 12.2 Å². The van der Waals surface area contributed by atoms with Crippen LogP contribution < -0.4 is 9.47 Å². The molecule has 0 spiro atoms. The Morgan fingerprint density at radius 1 is 1.00 bits per heavy atom. The fourth-order valence-electron chi connectivity index (χ4n) is 3.31. The van der Waals surface area contributed by atoms with Gasteiger partial charge >= 0.3 is 0 Å². The van der Waals surface area contributed by atoms with Gasteiger partial charge in [-0.05, 0) is 37.1 Å². The van der Waals surface area contributed by atoms with Gasteiger partial charge in [-0.3, -0.25) is 0 Å². The van der Waals surface area contributed by atoms with Gasteiger partial charge in [-0.1, -0.05) is 56.4 Å². The van der Waals surface area contributed by atoms with Crippen molar-refractivity contribution in [3.05, 3.63) is 59.8 Å². The molecule has 2 aliphatic heterocycles. The molecule has 0 amide bonds. The van der Waals surface area contributed by atoms with E-state index < -0.39 is 0 Å². The number of hydrogen-bond acceptors (Lipinski definition) is 3. The van der Waals surface area contributed by atoms with Crippen LogP contribution in [0.1, 0.15) is 32.0 Å². The minimum atomic E-state index is 0.360. The summed E-state index contributed by atoms with van der Waals surface area (Å²) in [4.78, 5) is 6.75. The van der Waals surface area contributed by atoms with Gasteiger partial charge in [0.1, 0.15) is 0 Å². The molecular formula is C22H26N2O2S. The molecule has 3 aromatic rings. The lowest BCUT2D eigenvalue weighted by Gasteiger charge is -2.27. The number of rotatable bonds is 0. The lowest BCUT2D eigenvalue weighted by atomic mass is 10.0. The van der Waals surface area contributed by atoms with Crippen LogP contribution in [0, 0.1) is 0 Å². The first-order chi connectivity index (χ1) is 13.2. The summed E-state index contributed by atoms with van der Waals surface area (Å²) in [6, 6.07) is 16.2. The van der Waals surface area contributed by atoms with Crippen LogP contribution in [0.25, 0.3) is 10.9 Å². The van der Waals surface area contributed by atoms with E-state index in [2.05, 4.69) is 34.1 Å². The highest BCUT2D eigenvalue weighted by molar-refractivity contribution is 7.80.